The summed E-state index contributed by atoms with van der Waals surface area (Å²) in [6.07, 6.45) is 2.51. The fourth-order valence-corrected chi connectivity index (χ4v) is 1.54. The van der Waals surface area contributed by atoms with Gasteiger partial charge in [-0.05, 0) is 25.5 Å². The summed E-state index contributed by atoms with van der Waals surface area (Å²) < 4.78 is 5.17. The lowest BCUT2D eigenvalue weighted by Gasteiger charge is -2.11. The molecule has 1 saturated heterocycles. The zero-order chi connectivity index (χ0) is 11.4. The molecule has 1 atom stereocenters. The van der Waals surface area contributed by atoms with E-state index in [4.69, 9.17) is 4.74 Å². The largest absolute Gasteiger partial charge is 0.379 e. The second-order valence-corrected chi connectivity index (χ2v) is 3.85. The fourth-order valence-electron chi connectivity index (χ4n) is 1.54. The van der Waals surface area contributed by atoms with Crippen LogP contribution >= 0.6 is 0 Å². The Bertz CT molecular complexity index is 358. The number of rotatable bonds is 2. The predicted molar refractivity (Wildman–Crippen MR) is 60.4 cm³/mol. The normalized spacial score (nSPS) is 19.4. The van der Waals surface area contributed by atoms with Gasteiger partial charge < -0.3 is 15.4 Å². The molecule has 1 fully saturated rings. The fraction of sp³-hybridized carbons (Fsp3) is 0.455. The molecule has 0 bridgehead atoms. The number of nitrogens with zero attached hydrogens (tertiary/aromatic N) is 1. The average molecular weight is 221 g/mol. The molecule has 2 amide bonds. The van der Waals surface area contributed by atoms with E-state index in [0.717, 1.165) is 18.7 Å². The maximum absolute atomic E-state index is 11.5. The molecule has 2 N–H and O–H groups in total. The average Bonchev–Trinajstić information content (AvgIpc) is 2.74. The number of anilines is 1. The van der Waals surface area contributed by atoms with Gasteiger partial charge in [0.25, 0.3) is 0 Å². The van der Waals surface area contributed by atoms with Gasteiger partial charge in [-0.2, -0.15) is 0 Å². The molecule has 0 saturated carbocycles. The van der Waals surface area contributed by atoms with Gasteiger partial charge in [0.1, 0.15) is 0 Å². The van der Waals surface area contributed by atoms with E-state index in [-0.39, 0.29) is 12.1 Å². The minimum absolute atomic E-state index is 0.124. The molecule has 1 aromatic rings. The first-order valence-corrected chi connectivity index (χ1v) is 5.32. The maximum atomic E-state index is 11.5. The van der Waals surface area contributed by atoms with Crippen molar-refractivity contribution in [2.24, 2.45) is 0 Å². The molecule has 86 valence electrons. The number of carbonyl (C=O) groups is 1. The van der Waals surface area contributed by atoms with Crippen LogP contribution < -0.4 is 10.6 Å². The number of nitrogens with one attached hydrogen (secondary N) is 2. The minimum atomic E-state index is -0.207. The summed E-state index contributed by atoms with van der Waals surface area (Å²) in [5.41, 5.74) is 1.62. The molecular weight excluding hydrogens is 206 g/mol. The molecule has 5 heteroatoms. The summed E-state index contributed by atoms with van der Waals surface area (Å²) >= 11 is 0. The number of hydrogen-bond acceptors (Lipinski definition) is 3. The van der Waals surface area contributed by atoms with E-state index in [0.29, 0.717) is 12.3 Å². The van der Waals surface area contributed by atoms with Crippen molar-refractivity contribution in [1.29, 1.82) is 0 Å². The van der Waals surface area contributed by atoms with Gasteiger partial charge in [0.05, 0.1) is 24.5 Å². The molecular formula is C11H15N3O2. The highest BCUT2D eigenvalue weighted by Gasteiger charge is 2.17. The van der Waals surface area contributed by atoms with Crippen LogP contribution in [-0.2, 0) is 4.74 Å². The van der Waals surface area contributed by atoms with Gasteiger partial charge >= 0.3 is 6.03 Å². The van der Waals surface area contributed by atoms with Crippen LogP contribution in [0.3, 0.4) is 0 Å². The Kier molecular flexibility index (Phi) is 3.36. The zero-order valence-electron chi connectivity index (χ0n) is 9.19. The smallest absolute Gasteiger partial charge is 0.319 e. The number of aromatic nitrogens is 1. The third-order valence-corrected chi connectivity index (χ3v) is 2.43. The zero-order valence-corrected chi connectivity index (χ0v) is 9.19. The van der Waals surface area contributed by atoms with Gasteiger partial charge in [0.2, 0.25) is 0 Å². The van der Waals surface area contributed by atoms with Crippen LogP contribution in [0, 0.1) is 6.92 Å². The van der Waals surface area contributed by atoms with Crippen molar-refractivity contribution in [3.05, 3.63) is 24.0 Å². The van der Waals surface area contributed by atoms with E-state index in [1.54, 1.807) is 6.20 Å². The predicted octanol–water partition coefficient (Wildman–Crippen LogP) is 1.30. The van der Waals surface area contributed by atoms with Crippen molar-refractivity contribution in [2.45, 2.75) is 19.4 Å². The standard InChI is InChI=1S/C11H15N3O2/c1-8-2-3-9(6-12-8)13-11(15)14-10-4-5-16-7-10/h2-3,6,10H,4-5,7H2,1H3,(H2,13,14,15). The lowest BCUT2D eigenvalue weighted by atomic mass is 10.3. The molecule has 1 aliphatic heterocycles. The summed E-state index contributed by atoms with van der Waals surface area (Å²) in [6.45, 7) is 3.22. The molecule has 2 rings (SSSR count). The second-order valence-electron chi connectivity index (χ2n) is 3.85. The van der Waals surface area contributed by atoms with Crippen LogP contribution in [0.25, 0.3) is 0 Å². The van der Waals surface area contributed by atoms with Gasteiger partial charge in [0, 0.05) is 12.3 Å². The summed E-state index contributed by atoms with van der Waals surface area (Å²) in [7, 11) is 0. The van der Waals surface area contributed by atoms with Crippen LogP contribution in [0.15, 0.2) is 18.3 Å². The molecule has 0 spiro atoms. The summed E-state index contributed by atoms with van der Waals surface area (Å²) in [5.74, 6) is 0. The van der Waals surface area contributed by atoms with E-state index >= 15 is 0 Å². The van der Waals surface area contributed by atoms with E-state index in [1.807, 2.05) is 19.1 Å². The van der Waals surface area contributed by atoms with E-state index in [1.165, 1.54) is 0 Å². The number of hydrogen-bond donors (Lipinski definition) is 2. The second kappa shape index (κ2) is 4.94. The van der Waals surface area contributed by atoms with Gasteiger partial charge in [-0.3, -0.25) is 4.98 Å². The summed E-state index contributed by atoms with van der Waals surface area (Å²) in [4.78, 5) is 15.6. The lowest BCUT2D eigenvalue weighted by Crippen LogP contribution is -2.38. The Morgan fingerprint density at radius 2 is 2.44 bits per heavy atom. The van der Waals surface area contributed by atoms with Gasteiger partial charge in [-0.1, -0.05) is 0 Å². The van der Waals surface area contributed by atoms with Crippen molar-refractivity contribution in [2.75, 3.05) is 18.5 Å². The molecule has 16 heavy (non-hydrogen) atoms. The molecule has 1 aromatic heterocycles. The summed E-state index contributed by atoms with van der Waals surface area (Å²) in [6, 6.07) is 3.60. The number of aryl methyl sites for hydroxylation is 1. The first kappa shape index (κ1) is 10.9. The third kappa shape index (κ3) is 2.93. The molecule has 1 unspecified atom stereocenters. The highest BCUT2D eigenvalue weighted by molar-refractivity contribution is 5.89. The summed E-state index contributed by atoms with van der Waals surface area (Å²) in [5, 5.41) is 5.57. The molecule has 1 aliphatic rings. The van der Waals surface area contributed by atoms with Gasteiger partial charge in [0.15, 0.2) is 0 Å². The van der Waals surface area contributed by atoms with Crippen LogP contribution in [0.4, 0.5) is 10.5 Å². The molecule has 0 radical (unpaired) electrons. The van der Waals surface area contributed by atoms with Crippen molar-refractivity contribution < 1.29 is 9.53 Å². The quantitative estimate of drug-likeness (QED) is 0.791. The number of ether oxygens (including phenoxy) is 1. The Morgan fingerprint density at radius 3 is 3.06 bits per heavy atom. The Morgan fingerprint density at radius 1 is 1.56 bits per heavy atom. The monoisotopic (exact) mass is 221 g/mol. The van der Waals surface area contributed by atoms with Gasteiger partial charge in [-0.25, -0.2) is 4.79 Å². The van der Waals surface area contributed by atoms with Crippen LogP contribution in [-0.4, -0.2) is 30.3 Å². The Hall–Kier alpha value is -1.62. The highest BCUT2D eigenvalue weighted by Crippen LogP contribution is 2.07. The van der Waals surface area contributed by atoms with E-state index in [9.17, 15) is 4.79 Å². The number of amides is 2. The highest BCUT2D eigenvalue weighted by atomic mass is 16.5. The van der Waals surface area contributed by atoms with Gasteiger partial charge in [-0.15, -0.1) is 0 Å². The Balaban J connectivity index is 1.84. The van der Waals surface area contributed by atoms with Crippen LogP contribution in [0.1, 0.15) is 12.1 Å². The van der Waals surface area contributed by atoms with Crippen molar-refractivity contribution >= 4 is 11.7 Å². The Labute approximate surface area is 94.2 Å². The minimum Gasteiger partial charge on any atom is -0.379 e. The number of pyridine rings is 1. The van der Waals surface area contributed by atoms with Crippen LogP contribution in [0.5, 0.6) is 0 Å². The SMILES string of the molecule is Cc1ccc(NC(=O)NC2CCOC2)cn1. The van der Waals surface area contributed by atoms with Crippen LogP contribution in [0.2, 0.25) is 0 Å². The molecule has 0 aromatic carbocycles. The molecule has 5 nitrogen and oxygen atoms in total. The number of carbonyl (C=O) groups excluding carboxylic acids is 1. The van der Waals surface area contributed by atoms with E-state index < -0.39 is 0 Å². The third-order valence-electron chi connectivity index (χ3n) is 2.43. The first-order valence-electron chi connectivity index (χ1n) is 5.32. The topological polar surface area (TPSA) is 63.2 Å². The lowest BCUT2D eigenvalue weighted by molar-refractivity contribution is 0.189. The molecule has 0 aliphatic carbocycles. The van der Waals surface area contributed by atoms with Crippen molar-refractivity contribution in [3.63, 3.8) is 0 Å². The first-order chi connectivity index (χ1) is 7.74. The van der Waals surface area contributed by atoms with Crippen molar-refractivity contribution in [3.8, 4) is 0 Å². The maximum Gasteiger partial charge on any atom is 0.319 e. The number of urea groups is 1. The van der Waals surface area contributed by atoms with E-state index in [2.05, 4.69) is 15.6 Å². The molecule has 2 heterocycles. The van der Waals surface area contributed by atoms with Crippen molar-refractivity contribution in [1.82, 2.24) is 10.3 Å².